The van der Waals surface area contributed by atoms with E-state index in [9.17, 15) is 9.59 Å². The van der Waals surface area contributed by atoms with Crippen molar-refractivity contribution in [1.82, 2.24) is 0 Å². The van der Waals surface area contributed by atoms with Crippen LogP contribution in [0.5, 0.6) is 5.75 Å². The fourth-order valence-corrected chi connectivity index (χ4v) is 7.76. The molecule has 4 rings (SSSR count). The zero-order chi connectivity index (χ0) is 24.3. The van der Waals surface area contributed by atoms with Crippen molar-refractivity contribution in [3.63, 3.8) is 0 Å². The Morgan fingerprint density at radius 1 is 1.06 bits per heavy atom. The van der Waals surface area contributed by atoms with Gasteiger partial charge in [-0.1, -0.05) is 27.7 Å². The van der Waals surface area contributed by atoms with Crippen molar-refractivity contribution in [2.75, 3.05) is 0 Å². The van der Waals surface area contributed by atoms with Gasteiger partial charge in [-0.3, -0.25) is 9.59 Å². The quantitative estimate of drug-likeness (QED) is 0.268. The van der Waals surface area contributed by atoms with E-state index in [1.54, 1.807) is 6.92 Å². The van der Waals surface area contributed by atoms with E-state index in [4.69, 9.17) is 9.16 Å². The largest absolute Gasteiger partial charge is 0.543 e. The van der Waals surface area contributed by atoms with Crippen LogP contribution in [0.1, 0.15) is 101 Å². The van der Waals surface area contributed by atoms with Gasteiger partial charge in [0.25, 0.3) is 8.32 Å². The summed E-state index contributed by atoms with van der Waals surface area (Å²) in [5.74, 6) is 2.40. The van der Waals surface area contributed by atoms with Gasteiger partial charge in [-0.05, 0) is 105 Å². The van der Waals surface area contributed by atoms with Gasteiger partial charge in [0, 0.05) is 12.3 Å². The SMILES string of the molecule is CC(=O)O[C@H]1CC[C@H]2[C@@H]3CCc4cc(O[Si](C)(C)C(C)(C)C)c(C(C)=O)cc4[C@H]3CC[C@]12C. The van der Waals surface area contributed by atoms with E-state index in [1.807, 2.05) is 0 Å². The molecule has 0 unspecified atom stereocenters. The van der Waals surface area contributed by atoms with Crippen LogP contribution in [0.2, 0.25) is 18.1 Å². The van der Waals surface area contributed by atoms with E-state index in [-0.39, 0.29) is 28.3 Å². The minimum atomic E-state index is -2.05. The first-order chi connectivity index (χ1) is 15.2. The molecule has 0 heterocycles. The standard InChI is InChI=1S/C28H42O4Si/c1-17(29)22-16-23-19(15-25(22)32-33(7,8)27(3,4)5)9-10-21-20(23)13-14-28(6)24(21)11-12-26(28)31-18(2)30/h15-16,20-21,24,26H,9-14H2,1-8H3/t20-,21+,24-,26-,28-/m0/s1. The molecule has 182 valence electrons. The molecule has 0 spiro atoms. The van der Waals surface area contributed by atoms with E-state index in [0.717, 1.165) is 43.4 Å². The highest BCUT2D eigenvalue weighted by molar-refractivity contribution is 6.74. The van der Waals surface area contributed by atoms with Crippen LogP contribution < -0.4 is 4.43 Å². The maximum atomic E-state index is 12.7. The molecule has 33 heavy (non-hydrogen) atoms. The molecule has 3 aliphatic rings. The maximum absolute atomic E-state index is 12.7. The third kappa shape index (κ3) is 4.19. The molecule has 0 saturated heterocycles. The monoisotopic (exact) mass is 470 g/mol. The highest BCUT2D eigenvalue weighted by Gasteiger charge is 2.56. The molecule has 3 aliphatic carbocycles. The number of fused-ring (bicyclic) bond motifs is 5. The van der Waals surface area contributed by atoms with Crippen LogP contribution >= 0.6 is 0 Å². The smallest absolute Gasteiger partial charge is 0.302 e. The Morgan fingerprint density at radius 2 is 1.76 bits per heavy atom. The summed E-state index contributed by atoms with van der Waals surface area (Å²) in [6, 6.07) is 4.38. The molecule has 0 radical (unpaired) electrons. The number of ether oxygens (including phenoxy) is 1. The number of carbonyl (C=O) groups is 2. The number of hydrogen-bond acceptors (Lipinski definition) is 4. The molecule has 2 fully saturated rings. The van der Waals surface area contributed by atoms with Crippen LogP contribution in [0.25, 0.3) is 0 Å². The molecule has 0 bridgehead atoms. The molecule has 5 atom stereocenters. The third-order valence-corrected chi connectivity index (χ3v) is 13.9. The highest BCUT2D eigenvalue weighted by Crippen LogP contribution is 2.61. The van der Waals surface area contributed by atoms with Gasteiger partial charge < -0.3 is 9.16 Å². The minimum Gasteiger partial charge on any atom is -0.543 e. The first-order valence-electron chi connectivity index (χ1n) is 12.8. The average Bonchev–Trinajstić information content (AvgIpc) is 3.01. The van der Waals surface area contributed by atoms with E-state index < -0.39 is 8.32 Å². The van der Waals surface area contributed by atoms with Crippen LogP contribution in [0.3, 0.4) is 0 Å². The van der Waals surface area contributed by atoms with Crippen LogP contribution in [-0.4, -0.2) is 26.2 Å². The van der Waals surface area contributed by atoms with Gasteiger partial charge in [0.05, 0.1) is 5.56 Å². The van der Waals surface area contributed by atoms with Gasteiger partial charge >= 0.3 is 5.97 Å². The van der Waals surface area contributed by atoms with Gasteiger partial charge in [0.15, 0.2) is 5.78 Å². The van der Waals surface area contributed by atoms with Crippen LogP contribution in [0.4, 0.5) is 0 Å². The Labute approximate surface area is 200 Å². The lowest BCUT2D eigenvalue weighted by molar-refractivity contribution is -0.154. The van der Waals surface area contributed by atoms with E-state index in [1.165, 1.54) is 24.5 Å². The van der Waals surface area contributed by atoms with E-state index >= 15 is 0 Å². The van der Waals surface area contributed by atoms with E-state index in [2.05, 4.69) is 52.9 Å². The van der Waals surface area contributed by atoms with Gasteiger partial charge in [-0.25, -0.2) is 0 Å². The number of rotatable bonds is 4. The molecule has 1 aromatic carbocycles. The zero-order valence-electron chi connectivity index (χ0n) is 21.8. The van der Waals surface area contributed by atoms with Gasteiger partial charge in [0.2, 0.25) is 0 Å². The Morgan fingerprint density at radius 3 is 2.36 bits per heavy atom. The fourth-order valence-electron chi connectivity index (χ4n) is 6.73. The van der Waals surface area contributed by atoms with Crippen LogP contribution in [0.15, 0.2) is 12.1 Å². The number of hydrogen-bond donors (Lipinski definition) is 0. The molecule has 5 heteroatoms. The summed E-state index contributed by atoms with van der Waals surface area (Å²) in [4.78, 5) is 24.4. The number of carbonyl (C=O) groups excluding carboxylic acids is 2. The Balaban J connectivity index is 1.67. The van der Waals surface area contributed by atoms with E-state index in [0.29, 0.717) is 17.8 Å². The highest BCUT2D eigenvalue weighted by atomic mass is 28.4. The topological polar surface area (TPSA) is 52.6 Å². The van der Waals surface area contributed by atoms with Gasteiger partial charge in [0.1, 0.15) is 11.9 Å². The average molecular weight is 471 g/mol. The third-order valence-electron chi connectivity index (χ3n) is 9.60. The summed E-state index contributed by atoms with van der Waals surface area (Å²) in [5.41, 5.74) is 3.57. The van der Waals surface area contributed by atoms with Crippen molar-refractivity contribution in [2.24, 2.45) is 17.3 Å². The van der Waals surface area contributed by atoms with Crippen molar-refractivity contribution in [2.45, 2.75) is 110 Å². The first kappa shape index (κ1) is 24.5. The molecule has 0 aromatic heterocycles. The molecular weight excluding hydrogens is 428 g/mol. The molecule has 2 saturated carbocycles. The predicted octanol–water partition coefficient (Wildman–Crippen LogP) is 7.06. The van der Waals surface area contributed by atoms with Crippen molar-refractivity contribution < 1.29 is 18.8 Å². The summed E-state index contributed by atoms with van der Waals surface area (Å²) in [6.45, 7) is 16.7. The number of esters is 1. The number of ketones is 1. The maximum Gasteiger partial charge on any atom is 0.302 e. The first-order valence-corrected chi connectivity index (χ1v) is 15.7. The Kier molecular flexibility index (Phi) is 6.12. The molecule has 1 aromatic rings. The predicted molar refractivity (Wildman–Crippen MR) is 134 cm³/mol. The summed E-state index contributed by atoms with van der Waals surface area (Å²) >= 11 is 0. The summed E-state index contributed by atoms with van der Waals surface area (Å²) in [5, 5.41) is 0.0802. The molecule has 0 N–H and O–H groups in total. The molecule has 0 amide bonds. The van der Waals surface area contributed by atoms with Crippen LogP contribution in [0, 0.1) is 17.3 Å². The Bertz CT molecular complexity index is 959. The van der Waals surface area contributed by atoms with Crippen molar-refractivity contribution in [1.29, 1.82) is 0 Å². The van der Waals surface area contributed by atoms with Gasteiger partial charge in [-0.15, -0.1) is 0 Å². The fraction of sp³-hybridized carbons (Fsp3) is 0.714. The van der Waals surface area contributed by atoms with Crippen molar-refractivity contribution in [3.05, 3.63) is 28.8 Å². The zero-order valence-corrected chi connectivity index (χ0v) is 22.8. The lowest BCUT2D eigenvalue weighted by Crippen LogP contribution is -2.45. The van der Waals surface area contributed by atoms with Gasteiger partial charge in [-0.2, -0.15) is 0 Å². The summed E-state index contributed by atoms with van der Waals surface area (Å²) in [6.07, 6.45) is 6.55. The Hall–Kier alpha value is -1.62. The summed E-state index contributed by atoms with van der Waals surface area (Å²) < 4.78 is 12.4. The number of Topliss-reactive ketones (excluding diaryl/α,β-unsaturated/α-hetero) is 1. The second-order valence-corrected chi connectivity index (χ2v) is 17.3. The lowest BCUT2D eigenvalue weighted by Gasteiger charge is -2.50. The van der Waals surface area contributed by atoms with Crippen LogP contribution in [-0.2, 0) is 16.0 Å². The second kappa shape index (κ2) is 8.25. The normalized spacial score (nSPS) is 31.3. The molecule has 4 nitrogen and oxygen atoms in total. The number of benzene rings is 1. The second-order valence-electron chi connectivity index (χ2n) is 12.6. The number of aryl methyl sites for hydroxylation is 1. The molecule has 0 aliphatic heterocycles. The lowest BCUT2D eigenvalue weighted by atomic mass is 9.55. The van der Waals surface area contributed by atoms with Crippen molar-refractivity contribution in [3.8, 4) is 5.75 Å². The summed E-state index contributed by atoms with van der Waals surface area (Å²) in [7, 11) is -2.05. The van der Waals surface area contributed by atoms with Crippen molar-refractivity contribution >= 4 is 20.1 Å². The molecular formula is C28H42O4Si. The minimum absolute atomic E-state index is 0.0514.